The Bertz CT molecular complexity index is 868. The Labute approximate surface area is 161 Å². The van der Waals surface area contributed by atoms with Crippen molar-refractivity contribution in [1.29, 1.82) is 0 Å². The number of guanidine groups is 1. The summed E-state index contributed by atoms with van der Waals surface area (Å²) in [5, 5.41) is 11.1. The van der Waals surface area contributed by atoms with Crippen LogP contribution in [0.2, 0.25) is 0 Å². The highest BCUT2D eigenvalue weighted by atomic mass is 15.3. The molecule has 0 spiro atoms. The molecule has 2 N–H and O–H groups in total. The number of aliphatic imine (C=N–C) groups is 1. The smallest absolute Gasteiger partial charge is 0.191 e. The molecule has 0 aliphatic rings. The largest absolute Gasteiger partial charge is 0.352 e. The van der Waals surface area contributed by atoms with Crippen molar-refractivity contribution in [3.63, 3.8) is 0 Å². The van der Waals surface area contributed by atoms with Crippen LogP contribution in [0, 0.1) is 0 Å². The van der Waals surface area contributed by atoms with Crippen LogP contribution in [0.1, 0.15) is 29.2 Å². The van der Waals surface area contributed by atoms with E-state index < -0.39 is 0 Å². The fourth-order valence-electron chi connectivity index (χ4n) is 3.08. The van der Waals surface area contributed by atoms with E-state index in [1.54, 1.807) is 13.2 Å². The Balaban J connectivity index is 1.55. The van der Waals surface area contributed by atoms with Gasteiger partial charge < -0.3 is 10.6 Å². The number of nitrogens with one attached hydrogen (secondary N) is 2. The number of aryl methyl sites for hydroxylation is 1. The first-order valence-electron chi connectivity index (χ1n) is 9.35. The molecular formula is C22H27N5. The summed E-state index contributed by atoms with van der Waals surface area (Å²) in [5.74, 6) is 0.804. The third kappa shape index (κ3) is 5.45. The molecular weight excluding hydrogens is 334 g/mol. The van der Waals surface area contributed by atoms with Crippen molar-refractivity contribution in [2.75, 3.05) is 7.05 Å². The molecule has 0 radical (unpaired) electrons. The van der Waals surface area contributed by atoms with E-state index in [1.807, 2.05) is 16.9 Å². The van der Waals surface area contributed by atoms with Crippen LogP contribution in [0.3, 0.4) is 0 Å². The van der Waals surface area contributed by atoms with Gasteiger partial charge in [0.05, 0.1) is 6.54 Å². The van der Waals surface area contributed by atoms with E-state index in [0.717, 1.165) is 32.0 Å². The average molecular weight is 361 g/mol. The highest BCUT2D eigenvalue weighted by molar-refractivity contribution is 5.79. The van der Waals surface area contributed by atoms with Crippen LogP contribution < -0.4 is 10.6 Å². The summed E-state index contributed by atoms with van der Waals surface area (Å²) in [7, 11) is 1.80. The molecule has 5 nitrogen and oxygen atoms in total. The molecule has 27 heavy (non-hydrogen) atoms. The van der Waals surface area contributed by atoms with Crippen molar-refractivity contribution in [3.05, 3.63) is 89.2 Å². The van der Waals surface area contributed by atoms with Gasteiger partial charge in [0.15, 0.2) is 5.96 Å². The van der Waals surface area contributed by atoms with E-state index in [2.05, 4.69) is 76.2 Å². The Morgan fingerprint density at radius 2 is 1.74 bits per heavy atom. The summed E-state index contributed by atoms with van der Waals surface area (Å²) in [4.78, 5) is 4.34. The number of nitrogens with zero attached hydrogens (tertiary/aromatic N) is 3. The number of rotatable bonds is 7. The second kappa shape index (κ2) is 9.57. The minimum Gasteiger partial charge on any atom is -0.352 e. The summed E-state index contributed by atoms with van der Waals surface area (Å²) in [5.41, 5.74) is 5.13. The predicted octanol–water partition coefficient (Wildman–Crippen LogP) is 3.36. The average Bonchev–Trinajstić information content (AvgIpc) is 3.21. The third-order valence-corrected chi connectivity index (χ3v) is 4.52. The van der Waals surface area contributed by atoms with Crippen molar-refractivity contribution in [2.45, 2.75) is 33.0 Å². The van der Waals surface area contributed by atoms with Gasteiger partial charge in [-0.1, -0.05) is 55.5 Å². The zero-order valence-electron chi connectivity index (χ0n) is 16.0. The molecule has 0 aliphatic carbocycles. The highest BCUT2D eigenvalue weighted by Crippen LogP contribution is 2.09. The van der Waals surface area contributed by atoms with Gasteiger partial charge in [-0.2, -0.15) is 5.10 Å². The van der Waals surface area contributed by atoms with Crippen LogP contribution in [0.25, 0.3) is 0 Å². The Kier molecular flexibility index (Phi) is 6.63. The molecule has 1 aromatic heterocycles. The van der Waals surface area contributed by atoms with E-state index in [1.165, 1.54) is 22.3 Å². The van der Waals surface area contributed by atoms with Gasteiger partial charge in [0.1, 0.15) is 0 Å². The first-order valence-corrected chi connectivity index (χ1v) is 9.35. The van der Waals surface area contributed by atoms with Crippen LogP contribution in [0.4, 0.5) is 0 Å². The zero-order valence-corrected chi connectivity index (χ0v) is 16.0. The van der Waals surface area contributed by atoms with E-state index in [4.69, 9.17) is 0 Å². The number of hydrogen-bond donors (Lipinski definition) is 2. The van der Waals surface area contributed by atoms with Gasteiger partial charge in [-0.3, -0.25) is 9.67 Å². The number of aromatic nitrogens is 2. The minimum atomic E-state index is 0.724. The summed E-state index contributed by atoms with van der Waals surface area (Å²) in [6.07, 6.45) is 4.81. The first kappa shape index (κ1) is 18.7. The summed E-state index contributed by atoms with van der Waals surface area (Å²) >= 11 is 0. The molecule has 1 heterocycles. The van der Waals surface area contributed by atoms with E-state index in [0.29, 0.717) is 0 Å². The normalized spacial score (nSPS) is 11.4. The van der Waals surface area contributed by atoms with Gasteiger partial charge in [0.2, 0.25) is 0 Å². The molecule has 3 rings (SSSR count). The summed E-state index contributed by atoms with van der Waals surface area (Å²) < 4.78 is 1.93. The molecule has 0 atom stereocenters. The maximum absolute atomic E-state index is 4.34. The summed E-state index contributed by atoms with van der Waals surface area (Å²) in [6, 6.07) is 19.0. The lowest BCUT2D eigenvalue weighted by Crippen LogP contribution is -2.36. The molecule has 0 unspecified atom stereocenters. The third-order valence-electron chi connectivity index (χ3n) is 4.52. The molecule has 0 amide bonds. The first-order chi connectivity index (χ1) is 13.3. The van der Waals surface area contributed by atoms with Gasteiger partial charge in [-0.25, -0.2) is 0 Å². The maximum Gasteiger partial charge on any atom is 0.191 e. The minimum absolute atomic E-state index is 0.724. The molecule has 5 heteroatoms. The van der Waals surface area contributed by atoms with Gasteiger partial charge >= 0.3 is 0 Å². The molecule has 140 valence electrons. The van der Waals surface area contributed by atoms with Gasteiger partial charge in [0.25, 0.3) is 0 Å². The van der Waals surface area contributed by atoms with Crippen molar-refractivity contribution in [2.24, 2.45) is 4.99 Å². The molecule has 0 bridgehead atoms. The zero-order chi connectivity index (χ0) is 18.9. The van der Waals surface area contributed by atoms with Crippen molar-refractivity contribution in [3.8, 4) is 0 Å². The number of benzene rings is 2. The van der Waals surface area contributed by atoms with Crippen molar-refractivity contribution in [1.82, 2.24) is 20.4 Å². The fraction of sp³-hybridized carbons (Fsp3) is 0.273. The van der Waals surface area contributed by atoms with Crippen LogP contribution in [-0.4, -0.2) is 22.8 Å². The Hall–Kier alpha value is -3.08. The lowest BCUT2D eigenvalue weighted by molar-refractivity contribution is 0.685. The monoisotopic (exact) mass is 361 g/mol. The molecule has 0 fully saturated rings. The van der Waals surface area contributed by atoms with Crippen molar-refractivity contribution >= 4 is 5.96 Å². The van der Waals surface area contributed by atoms with Gasteiger partial charge in [-0.15, -0.1) is 0 Å². The standard InChI is InChI=1S/C22H27N5/c1-3-20-10-4-5-11-21(20)16-25-22(23-2)24-15-18-8-6-9-19(14-18)17-27-13-7-12-26-27/h4-14H,3,15-17H2,1-2H3,(H2,23,24,25). The van der Waals surface area contributed by atoms with Gasteiger partial charge in [-0.05, 0) is 34.7 Å². The van der Waals surface area contributed by atoms with Crippen LogP contribution in [0.15, 0.2) is 72.0 Å². The Morgan fingerprint density at radius 3 is 2.48 bits per heavy atom. The SMILES string of the molecule is CCc1ccccc1CNC(=NC)NCc1cccc(Cn2cccn2)c1. The highest BCUT2D eigenvalue weighted by Gasteiger charge is 2.03. The molecule has 3 aromatic rings. The van der Waals surface area contributed by atoms with E-state index in [-0.39, 0.29) is 0 Å². The van der Waals surface area contributed by atoms with Crippen LogP contribution in [-0.2, 0) is 26.1 Å². The van der Waals surface area contributed by atoms with E-state index >= 15 is 0 Å². The summed E-state index contributed by atoms with van der Waals surface area (Å²) in [6.45, 7) is 4.45. The maximum atomic E-state index is 4.34. The Morgan fingerprint density at radius 1 is 0.963 bits per heavy atom. The lowest BCUT2D eigenvalue weighted by atomic mass is 10.1. The number of hydrogen-bond acceptors (Lipinski definition) is 2. The van der Waals surface area contributed by atoms with Crippen LogP contribution >= 0.6 is 0 Å². The van der Waals surface area contributed by atoms with Crippen molar-refractivity contribution < 1.29 is 0 Å². The second-order valence-corrected chi connectivity index (χ2v) is 6.43. The molecule has 0 saturated carbocycles. The fourth-order valence-corrected chi connectivity index (χ4v) is 3.08. The topological polar surface area (TPSA) is 54.2 Å². The second-order valence-electron chi connectivity index (χ2n) is 6.43. The lowest BCUT2D eigenvalue weighted by Gasteiger charge is -2.14. The molecule has 0 saturated heterocycles. The van der Waals surface area contributed by atoms with E-state index in [9.17, 15) is 0 Å². The molecule has 0 aliphatic heterocycles. The van der Waals surface area contributed by atoms with Crippen LogP contribution in [0.5, 0.6) is 0 Å². The van der Waals surface area contributed by atoms with Gasteiger partial charge in [0, 0.05) is 32.5 Å². The molecule has 2 aromatic carbocycles. The quantitative estimate of drug-likeness (QED) is 0.501. The predicted molar refractivity (Wildman–Crippen MR) is 111 cm³/mol.